The molecule has 5 heteroatoms. The van der Waals surface area contributed by atoms with E-state index in [0.29, 0.717) is 17.5 Å². The van der Waals surface area contributed by atoms with Crippen molar-refractivity contribution in [2.75, 3.05) is 13.1 Å². The molecule has 2 N–H and O–H groups in total. The summed E-state index contributed by atoms with van der Waals surface area (Å²) in [5.41, 5.74) is 6.58. The number of hydrogen-bond acceptors (Lipinski definition) is 3. The minimum absolute atomic E-state index is 0.287. The van der Waals surface area contributed by atoms with Crippen LogP contribution in [0.2, 0.25) is 0 Å². The maximum absolute atomic E-state index is 13.0. The van der Waals surface area contributed by atoms with E-state index in [0.717, 1.165) is 31.5 Å². The normalized spacial score (nSPS) is 21.4. The molecule has 2 heterocycles. The van der Waals surface area contributed by atoms with Gasteiger partial charge in [-0.05, 0) is 31.0 Å². The largest absolute Gasteiger partial charge is 0.393 e. The highest BCUT2D eigenvalue weighted by molar-refractivity contribution is 7.80. The molecular formula is C12H16FN3S. The van der Waals surface area contributed by atoms with E-state index < -0.39 is 0 Å². The lowest BCUT2D eigenvalue weighted by molar-refractivity contribution is 0.197. The number of pyridine rings is 1. The third-order valence-electron chi connectivity index (χ3n) is 3.08. The zero-order chi connectivity index (χ0) is 12.3. The summed E-state index contributed by atoms with van der Waals surface area (Å²) < 4.78 is 13.0. The van der Waals surface area contributed by atoms with Crippen LogP contribution in [-0.4, -0.2) is 28.0 Å². The zero-order valence-electron chi connectivity index (χ0n) is 9.60. The number of likely N-dealkylation sites (tertiary alicyclic amines) is 1. The van der Waals surface area contributed by atoms with Crippen LogP contribution in [0.4, 0.5) is 4.39 Å². The van der Waals surface area contributed by atoms with Crippen LogP contribution in [0, 0.1) is 11.7 Å². The molecule has 0 aromatic carbocycles. The monoisotopic (exact) mass is 253 g/mol. The maximum Gasteiger partial charge on any atom is 0.141 e. The van der Waals surface area contributed by atoms with Crippen molar-refractivity contribution in [1.82, 2.24) is 9.88 Å². The molecule has 2 rings (SSSR count). The summed E-state index contributed by atoms with van der Waals surface area (Å²) in [7, 11) is 0. The van der Waals surface area contributed by atoms with Gasteiger partial charge in [0.05, 0.1) is 11.2 Å². The predicted octanol–water partition coefficient (Wildman–Crippen LogP) is 1.72. The molecule has 0 spiro atoms. The van der Waals surface area contributed by atoms with Gasteiger partial charge >= 0.3 is 0 Å². The molecule has 1 aliphatic rings. The van der Waals surface area contributed by atoms with E-state index in [4.69, 9.17) is 18.0 Å². The standard InChI is InChI=1S/C12H16FN3S/c13-11-4-9(5-15-6-11)7-16-3-1-2-10(8-16)12(14)17/h4-6,10H,1-3,7-8H2,(H2,14,17). The SMILES string of the molecule is NC(=S)C1CCCN(Cc2cncc(F)c2)C1. The van der Waals surface area contributed by atoms with E-state index >= 15 is 0 Å². The van der Waals surface area contributed by atoms with Crippen molar-refractivity contribution in [2.45, 2.75) is 19.4 Å². The minimum Gasteiger partial charge on any atom is -0.393 e. The van der Waals surface area contributed by atoms with Crippen LogP contribution in [0.3, 0.4) is 0 Å². The summed E-state index contributed by atoms with van der Waals surface area (Å²) in [5, 5.41) is 0. The average molecular weight is 253 g/mol. The Balaban J connectivity index is 1.97. The first-order valence-corrected chi connectivity index (χ1v) is 6.17. The molecule has 1 unspecified atom stereocenters. The van der Waals surface area contributed by atoms with Crippen molar-refractivity contribution in [3.8, 4) is 0 Å². The van der Waals surface area contributed by atoms with E-state index in [1.54, 1.807) is 6.20 Å². The summed E-state index contributed by atoms with van der Waals surface area (Å²) in [4.78, 5) is 6.70. The Morgan fingerprint density at radius 1 is 1.59 bits per heavy atom. The molecule has 0 saturated carbocycles. The second kappa shape index (κ2) is 5.51. The van der Waals surface area contributed by atoms with Gasteiger partial charge in [0.2, 0.25) is 0 Å². The molecule has 17 heavy (non-hydrogen) atoms. The third kappa shape index (κ3) is 3.44. The van der Waals surface area contributed by atoms with Crippen molar-refractivity contribution < 1.29 is 4.39 Å². The fourth-order valence-corrected chi connectivity index (χ4v) is 2.42. The van der Waals surface area contributed by atoms with Crippen LogP contribution in [0.15, 0.2) is 18.5 Å². The van der Waals surface area contributed by atoms with Gasteiger partial charge in [0, 0.05) is 25.2 Å². The summed E-state index contributed by atoms with van der Waals surface area (Å²) in [5.74, 6) is 0.00525. The Morgan fingerprint density at radius 2 is 2.41 bits per heavy atom. The van der Waals surface area contributed by atoms with Gasteiger partial charge < -0.3 is 5.73 Å². The number of thiocarbonyl (C=S) groups is 1. The molecule has 3 nitrogen and oxygen atoms in total. The number of halogens is 1. The Kier molecular flexibility index (Phi) is 4.02. The van der Waals surface area contributed by atoms with Gasteiger partial charge in [0.25, 0.3) is 0 Å². The van der Waals surface area contributed by atoms with E-state index in [1.807, 2.05) is 0 Å². The molecular weight excluding hydrogens is 237 g/mol. The highest BCUT2D eigenvalue weighted by Crippen LogP contribution is 2.18. The number of rotatable bonds is 3. The number of nitrogens with two attached hydrogens (primary N) is 1. The quantitative estimate of drug-likeness (QED) is 0.833. The van der Waals surface area contributed by atoms with E-state index in [2.05, 4.69) is 9.88 Å². The molecule has 0 radical (unpaired) electrons. The molecule has 1 atom stereocenters. The highest BCUT2D eigenvalue weighted by Gasteiger charge is 2.21. The lowest BCUT2D eigenvalue weighted by Crippen LogP contribution is -2.40. The van der Waals surface area contributed by atoms with Crippen LogP contribution in [0.5, 0.6) is 0 Å². The molecule has 1 aliphatic heterocycles. The molecule has 0 aliphatic carbocycles. The lowest BCUT2D eigenvalue weighted by Gasteiger charge is -2.32. The van der Waals surface area contributed by atoms with Crippen molar-refractivity contribution in [3.05, 3.63) is 29.8 Å². The second-order valence-electron chi connectivity index (χ2n) is 4.49. The summed E-state index contributed by atoms with van der Waals surface area (Å²) >= 11 is 5.03. The van der Waals surface area contributed by atoms with E-state index in [1.165, 1.54) is 12.3 Å². The van der Waals surface area contributed by atoms with Crippen LogP contribution in [0.25, 0.3) is 0 Å². The highest BCUT2D eigenvalue weighted by atomic mass is 32.1. The maximum atomic E-state index is 13.0. The third-order valence-corrected chi connectivity index (χ3v) is 3.41. The summed E-state index contributed by atoms with van der Waals surface area (Å²) in [6, 6.07) is 1.53. The van der Waals surface area contributed by atoms with Gasteiger partial charge in [-0.3, -0.25) is 9.88 Å². The lowest BCUT2D eigenvalue weighted by atomic mass is 9.98. The summed E-state index contributed by atoms with van der Waals surface area (Å²) in [6.07, 6.45) is 5.07. The number of piperidine rings is 1. The van der Waals surface area contributed by atoms with Gasteiger partial charge in [-0.25, -0.2) is 4.39 Å². The molecule has 1 fully saturated rings. The Labute approximate surface area is 106 Å². The molecule has 1 aromatic heterocycles. The van der Waals surface area contributed by atoms with E-state index in [-0.39, 0.29) is 5.82 Å². The Morgan fingerprint density at radius 3 is 3.12 bits per heavy atom. The van der Waals surface area contributed by atoms with E-state index in [9.17, 15) is 4.39 Å². The van der Waals surface area contributed by atoms with Gasteiger partial charge in [-0.2, -0.15) is 0 Å². The van der Waals surface area contributed by atoms with Gasteiger partial charge in [-0.15, -0.1) is 0 Å². The topological polar surface area (TPSA) is 42.1 Å². The van der Waals surface area contributed by atoms with Crippen LogP contribution in [-0.2, 0) is 6.54 Å². The number of hydrogen-bond donors (Lipinski definition) is 1. The Bertz CT molecular complexity index is 410. The zero-order valence-corrected chi connectivity index (χ0v) is 10.4. The van der Waals surface area contributed by atoms with Gasteiger partial charge in [0.15, 0.2) is 0 Å². The number of aromatic nitrogens is 1. The number of nitrogens with zero attached hydrogens (tertiary/aromatic N) is 2. The first-order chi connectivity index (χ1) is 8.15. The first kappa shape index (κ1) is 12.4. The molecule has 0 bridgehead atoms. The smallest absolute Gasteiger partial charge is 0.141 e. The van der Waals surface area contributed by atoms with Crippen molar-refractivity contribution >= 4 is 17.2 Å². The van der Waals surface area contributed by atoms with Crippen molar-refractivity contribution in [3.63, 3.8) is 0 Å². The molecule has 1 aromatic rings. The van der Waals surface area contributed by atoms with Crippen LogP contribution >= 0.6 is 12.2 Å². The van der Waals surface area contributed by atoms with Crippen molar-refractivity contribution in [1.29, 1.82) is 0 Å². The molecule has 1 saturated heterocycles. The van der Waals surface area contributed by atoms with Crippen LogP contribution in [0.1, 0.15) is 18.4 Å². The predicted molar refractivity (Wildman–Crippen MR) is 69.0 cm³/mol. The Hall–Kier alpha value is -1.07. The fourth-order valence-electron chi connectivity index (χ4n) is 2.23. The van der Waals surface area contributed by atoms with Gasteiger partial charge in [-0.1, -0.05) is 12.2 Å². The fraction of sp³-hybridized carbons (Fsp3) is 0.500. The van der Waals surface area contributed by atoms with Crippen molar-refractivity contribution in [2.24, 2.45) is 11.7 Å². The summed E-state index contributed by atoms with van der Waals surface area (Å²) in [6.45, 7) is 2.59. The molecule has 92 valence electrons. The average Bonchev–Trinajstić information content (AvgIpc) is 2.29. The second-order valence-corrected chi connectivity index (χ2v) is 4.96. The molecule has 0 amide bonds. The first-order valence-electron chi connectivity index (χ1n) is 5.76. The minimum atomic E-state index is -0.287. The van der Waals surface area contributed by atoms with Gasteiger partial charge in [0.1, 0.15) is 5.82 Å². The van der Waals surface area contributed by atoms with Crippen LogP contribution < -0.4 is 5.73 Å².